The fourth-order valence-corrected chi connectivity index (χ4v) is 4.50. The van der Waals surface area contributed by atoms with Crippen LogP contribution in [0, 0.1) is 5.82 Å². The molecule has 1 aliphatic heterocycles. The molecule has 168 valence electrons. The van der Waals surface area contributed by atoms with Crippen molar-refractivity contribution in [3.8, 4) is 22.7 Å². The lowest BCUT2D eigenvalue weighted by Crippen LogP contribution is -2.40. The van der Waals surface area contributed by atoms with Gasteiger partial charge in [-0.1, -0.05) is 42.2 Å². The Morgan fingerprint density at radius 3 is 2.70 bits per heavy atom. The van der Waals surface area contributed by atoms with Gasteiger partial charge in [0.05, 0.1) is 29.7 Å². The number of thiocarbonyl (C=S) groups is 1. The number of ether oxygens (including phenoxy) is 1. The fourth-order valence-electron chi connectivity index (χ4n) is 3.26. The van der Waals surface area contributed by atoms with Crippen molar-refractivity contribution in [2.45, 2.75) is 6.92 Å². The Kier molecular flexibility index (Phi) is 6.57. The van der Waals surface area contributed by atoms with Gasteiger partial charge in [0.2, 0.25) is 0 Å². The van der Waals surface area contributed by atoms with Crippen molar-refractivity contribution in [1.82, 2.24) is 14.7 Å². The number of thioether (sulfide) groups is 1. The van der Waals surface area contributed by atoms with Gasteiger partial charge in [0.15, 0.2) is 11.6 Å². The molecule has 0 saturated carbocycles. The largest absolute Gasteiger partial charge is 0.548 e. The molecular weight excluding hydrogens is 465 g/mol. The maximum absolute atomic E-state index is 14.6. The molecule has 4 rings (SSSR count). The van der Waals surface area contributed by atoms with Crippen LogP contribution in [0.25, 0.3) is 23.0 Å². The standard InChI is InChI=1S/C23H18FN3O4S2/c1-2-31-18-9-8-14(10-17(18)24)21-15(12-27(25-21)16-6-4-3-5-7-16)11-19-22(30)26(13-20(28)29)23(32)33-19/h3-12H,2,13H2,1H3,(H,28,29)/p-1. The fraction of sp³-hybridized carbons (Fsp3) is 0.130. The van der Waals surface area contributed by atoms with Crippen LogP contribution in [0.5, 0.6) is 5.75 Å². The minimum absolute atomic E-state index is 0.125. The molecule has 1 aromatic heterocycles. The molecule has 33 heavy (non-hydrogen) atoms. The third-order valence-corrected chi connectivity index (χ3v) is 6.09. The molecule has 2 heterocycles. The van der Waals surface area contributed by atoms with Gasteiger partial charge in [0.1, 0.15) is 10.0 Å². The van der Waals surface area contributed by atoms with E-state index in [0.29, 0.717) is 23.4 Å². The van der Waals surface area contributed by atoms with Gasteiger partial charge < -0.3 is 14.6 Å². The first-order chi connectivity index (χ1) is 15.9. The molecule has 1 saturated heterocycles. The molecule has 0 unspecified atom stereocenters. The van der Waals surface area contributed by atoms with Gasteiger partial charge in [-0.05, 0) is 43.3 Å². The Balaban J connectivity index is 1.79. The lowest BCUT2D eigenvalue weighted by molar-refractivity contribution is -0.305. The van der Waals surface area contributed by atoms with Crippen LogP contribution >= 0.6 is 24.0 Å². The molecule has 1 amide bonds. The molecule has 0 bridgehead atoms. The van der Waals surface area contributed by atoms with Crippen LogP contribution < -0.4 is 9.84 Å². The molecule has 1 aliphatic rings. The first-order valence-electron chi connectivity index (χ1n) is 9.90. The summed E-state index contributed by atoms with van der Waals surface area (Å²) in [5.74, 6) is -2.34. The monoisotopic (exact) mass is 482 g/mol. The van der Waals surface area contributed by atoms with E-state index in [2.05, 4.69) is 5.10 Å². The van der Waals surface area contributed by atoms with Crippen LogP contribution in [0.4, 0.5) is 4.39 Å². The van der Waals surface area contributed by atoms with Gasteiger partial charge in [0, 0.05) is 17.3 Å². The number of hydrogen-bond donors (Lipinski definition) is 0. The number of amides is 1. The van der Waals surface area contributed by atoms with E-state index < -0.39 is 24.2 Å². The molecule has 1 fully saturated rings. The number of carboxylic acid groups (broad SMARTS) is 1. The first kappa shape index (κ1) is 22.7. The number of nitrogens with zero attached hydrogens (tertiary/aromatic N) is 3. The van der Waals surface area contributed by atoms with Gasteiger partial charge in [0.25, 0.3) is 5.91 Å². The SMILES string of the molecule is CCOc1ccc(-c2nn(-c3ccccc3)cc2C=C2SC(=S)N(CC(=O)[O-])C2=O)cc1F. The maximum atomic E-state index is 14.6. The smallest absolute Gasteiger partial charge is 0.266 e. The number of halogens is 1. The lowest BCUT2D eigenvalue weighted by atomic mass is 10.1. The van der Waals surface area contributed by atoms with Crippen LogP contribution in [0.3, 0.4) is 0 Å². The van der Waals surface area contributed by atoms with E-state index in [9.17, 15) is 19.1 Å². The second-order valence-electron chi connectivity index (χ2n) is 6.93. The predicted molar refractivity (Wildman–Crippen MR) is 125 cm³/mol. The summed E-state index contributed by atoms with van der Waals surface area (Å²) in [4.78, 5) is 24.9. The van der Waals surface area contributed by atoms with Crippen LogP contribution in [0.2, 0.25) is 0 Å². The molecule has 3 aromatic rings. The Morgan fingerprint density at radius 2 is 2.03 bits per heavy atom. The predicted octanol–water partition coefficient (Wildman–Crippen LogP) is 3.03. The third kappa shape index (κ3) is 4.81. The van der Waals surface area contributed by atoms with E-state index in [-0.39, 0.29) is 15.0 Å². The quantitative estimate of drug-likeness (QED) is 0.378. The summed E-state index contributed by atoms with van der Waals surface area (Å²) in [6.45, 7) is 1.48. The van der Waals surface area contributed by atoms with E-state index >= 15 is 0 Å². The summed E-state index contributed by atoms with van der Waals surface area (Å²) in [6.07, 6.45) is 3.29. The second kappa shape index (κ2) is 9.55. The molecule has 0 atom stereocenters. The highest BCUT2D eigenvalue weighted by atomic mass is 32.2. The highest BCUT2D eigenvalue weighted by Gasteiger charge is 2.32. The van der Waals surface area contributed by atoms with Crippen molar-refractivity contribution >= 4 is 46.3 Å². The minimum atomic E-state index is -1.41. The molecule has 0 spiro atoms. The van der Waals surface area contributed by atoms with Gasteiger partial charge in [-0.2, -0.15) is 5.10 Å². The zero-order valence-corrected chi connectivity index (χ0v) is 19.0. The average Bonchev–Trinajstić information content (AvgIpc) is 3.32. The van der Waals surface area contributed by atoms with Crippen LogP contribution in [-0.2, 0) is 9.59 Å². The van der Waals surface area contributed by atoms with Crippen LogP contribution in [0.1, 0.15) is 12.5 Å². The highest BCUT2D eigenvalue weighted by molar-refractivity contribution is 8.26. The number of aromatic nitrogens is 2. The first-order valence-corrected chi connectivity index (χ1v) is 11.1. The summed E-state index contributed by atoms with van der Waals surface area (Å²) in [7, 11) is 0. The molecule has 0 radical (unpaired) electrons. The van der Waals surface area contributed by atoms with Gasteiger partial charge >= 0.3 is 0 Å². The summed E-state index contributed by atoms with van der Waals surface area (Å²) in [5, 5.41) is 15.6. The second-order valence-corrected chi connectivity index (χ2v) is 8.61. The van der Waals surface area contributed by atoms with Gasteiger partial charge in [-0.25, -0.2) is 9.07 Å². The van der Waals surface area contributed by atoms with Gasteiger partial charge in [-0.3, -0.25) is 9.69 Å². The number of benzene rings is 2. The molecule has 10 heteroatoms. The third-order valence-electron chi connectivity index (χ3n) is 4.72. The molecule has 0 aliphatic carbocycles. The van der Waals surface area contributed by atoms with Crippen molar-refractivity contribution in [3.05, 3.63) is 71.0 Å². The maximum Gasteiger partial charge on any atom is 0.266 e. The van der Waals surface area contributed by atoms with E-state index in [4.69, 9.17) is 17.0 Å². The highest BCUT2D eigenvalue weighted by Crippen LogP contribution is 2.35. The number of carbonyl (C=O) groups is 2. The lowest BCUT2D eigenvalue weighted by Gasteiger charge is -2.14. The van der Waals surface area contributed by atoms with E-state index in [1.165, 1.54) is 12.1 Å². The van der Waals surface area contributed by atoms with Crippen molar-refractivity contribution in [2.24, 2.45) is 0 Å². The summed E-state index contributed by atoms with van der Waals surface area (Å²) in [6, 6.07) is 13.8. The topological polar surface area (TPSA) is 87.5 Å². The number of hydrogen-bond acceptors (Lipinski definition) is 7. The molecule has 2 aromatic carbocycles. The zero-order chi connectivity index (χ0) is 23.5. The number of aliphatic carboxylic acids is 1. The zero-order valence-electron chi connectivity index (χ0n) is 17.4. The molecule has 7 nitrogen and oxygen atoms in total. The number of carbonyl (C=O) groups excluding carboxylic acids is 2. The number of carboxylic acids is 1. The van der Waals surface area contributed by atoms with Crippen LogP contribution in [0.15, 0.2) is 59.6 Å². The van der Waals surface area contributed by atoms with Crippen molar-refractivity contribution in [2.75, 3.05) is 13.2 Å². The minimum Gasteiger partial charge on any atom is -0.548 e. The van der Waals surface area contributed by atoms with Crippen molar-refractivity contribution in [1.29, 1.82) is 0 Å². The normalized spacial score (nSPS) is 14.8. The van der Waals surface area contributed by atoms with E-state index in [1.54, 1.807) is 29.9 Å². The molecule has 0 N–H and O–H groups in total. The average molecular weight is 483 g/mol. The van der Waals surface area contributed by atoms with E-state index in [0.717, 1.165) is 22.3 Å². The number of para-hydroxylation sites is 1. The van der Waals surface area contributed by atoms with E-state index in [1.807, 2.05) is 30.3 Å². The summed E-state index contributed by atoms with van der Waals surface area (Å²) in [5.41, 5.74) is 2.23. The Morgan fingerprint density at radius 1 is 1.27 bits per heavy atom. The summed E-state index contributed by atoms with van der Waals surface area (Å²) < 4.78 is 21.6. The Bertz CT molecular complexity index is 1270. The van der Waals surface area contributed by atoms with Crippen molar-refractivity contribution in [3.63, 3.8) is 0 Å². The Labute approximate surface area is 198 Å². The number of rotatable bonds is 7. The van der Waals surface area contributed by atoms with Gasteiger partial charge in [-0.15, -0.1) is 0 Å². The summed E-state index contributed by atoms with van der Waals surface area (Å²) >= 11 is 6.13. The Hall–Kier alpha value is -3.50. The molecular formula is C23H17FN3O4S2-. The van der Waals surface area contributed by atoms with Crippen LogP contribution in [-0.4, -0.2) is 44.0 Å². The van der Waals surface area contributed by atoms with Crippen molar-refractivity contribution < 1.29 is 23.8 Å².